The highest BCUT2D eigenvalue weighted by atomic mass is 19.1. The molecular weight excluding hydrogens is 225 g/mol. The number of carbonyl (C=O) groups excluding carboxylic acids is 1. The van der Waals surface area contributed by atoms with E-state index in [-0.39, 0.29) is 19.1 Å². The Balaban J connectivity index is 2.41. The highest BCUT2D eigenvalue weighted by Gasteiger charge is 2.06. The molecule has 0 aliphatic rings. The molecule has 0 fully saturated rings. The standard InChI is InChI=1S/C12H16FNO3/c1-9-6-10(8-11(13)7-9)12(16)14-2-4-17-5-3-15/h6-8,15H,2-5H2,1H3,(H,14,16). The van der Waals surface area contributed by atoms with Gasteiger partial charge in [0.05, 0.1) is 19.8 Å². The Hall–Kier alpha value is -1.46. The van der Waals surface area contributed by atoms with Gasteiger partial charge in [-0.05, 0) is 30.7 Å². The van der Waals surface area contributed by atoms with Crippen molar-refractivity contribution in [1.82, 2.24) is 5.32 Å². The molecule has 94 valence electrons. The van der Waals surface area contributed by atoms with Crippen LogP contribution >= 0.6 is 0 Å². The van der Waals surface area contributed by atoms with Gasteiger partial charge in [-0.25, -0.2) is 4.39 Å². The number of aryl methyl sites for hydroxylation is 1. The van der Waals surface area contributed by atoms with E-state index in [0.717, 1.165) is 0 Å². The van der Waals surface area contributed by atoms with Crippen LogP contribution in [-0.4, -0.2) is 37.4 Å². The van der Waals surface area contributed by atoms with Crippen molar-refractivity contribution < 1.29 is 19.0 Å². The minimum atomic E-state index is -0.424. The van der Waals surface area contributed by atoms with Gasteiger partial charge in [0.15, 0.2) is 0 Å². The van der Waals surface area contributed by atoms with Gasteiger partial charge in [0.25, 0.3) is 5.91 Å². The van der Waals surface area contributed by atoms with E-state index < -0.39 is 5.82 Å². The van der Waals surface area contributed by atoms with E-state index in [9.17, 15) is 9.18 Å². The fourth-order valence-electron chi connectivity index (χ4n) is 1.37. The van der Waals surface area contributed by atoms with Crippen LogP contribution in [-0.2, 0) is 4.74 Å². The maximum Gasteiger partial charge on any atom is 0.251 e. The summed E-state index contributed by atoms with van der Waals surface area (Å²) >= 11 is 0. The number of carbonyl (C=O) groups is 1. The smallest absolute Gasteiger partial charge is 0.251 e. The minimum absolute atomic E-state index is 0.0446. The summed E-state index contributed by atoms with van der Waals surface area (Å²) in [5.74, 6) is -0.758. The Morgan fingerprint density at radius 2 is 2.18 bits per heavy atom. The number of benzene rings is 1. The number of aliphatic hydroxyl groups excluding tert-OH is 1. The molecule has 1 aromatic rings. The quantitative estimate of drug-likeness (QED) is 0.727. The first-order chi connectivity index (χ1) is 8.13. The van der Waals surface area contributed by atoms with Crippen molar-refractivity contribution in [3.63, 3.8) is 0 Å². The minimum Gasteiger partial charge on any atom is -0.394 e. The molecule has 1 amide bonds. The van der Waals surface area contributed by atoms with E-state index in [1.54, 1.807) is 13.0 Å². The summed E-state index contributed by atoms with van der Waals surface area (Å²) in [6.07, 6.45) is 0. The lowest BCUT2D eigenvalue weighted by Crippen LogP contribution is -2.27. The van der Waals surface area contributed by atoms with Crippen LogP contribution in [0.3, 0.4) is 0 Å². The molecule has 0 bridgehead atoms. The fraction of sp³-hybridized carbons (Fsp3) is 0.417. The molecule has 0 aromatic heterocycles. The normalized spacial score (nSPS) is 10.3. The van der Waals surface area contributed by atoms with E-state index in [1.165, 1.54) is 12.1 Å². The van der Waals surface area contributed by atoms with E-state index in [1.807, 2.05) is 0 Å². The van der Waals surface area contributed by atoms with Crippen molar-refractivity contribution in [3.8, 4) is 0 Å². The molecular formula is C12H16FNO3. The fourth-order valence-corrected chi connectivity index (χ4v) is 1.37. The number of nitrogens with one attached hydrogen (secondary N) is 1. The van der Waals surface area contributed by atoms with Crippen LogP contribution in [0, 0.1) is 12.7 Å². The third-order valence-corrected chi connectivity index (χ3v) is 2.07. The first-order valence-electron chi connectivity index (χ1n) is 5.37. The van der Waals surface area contributed by atoms with Gasteiger partial charge >= 0.3 is 0 Å². The van der Waals surface area contributed by atoms with Gasteiger partial charge in [-0.3, -0.25) is 4.79 Å². The number of halogens is 1. The average molecular weight is 241 g/mol. The summed E-state index contributed by atoms with van der Waals surface area (Å²) in [5, 5.41) is 11.1. The van der Waals surface area contributed by atoms with Crippen molar-refractivity contribution in [2.24, 2.45) is 0 Å². The third kappa shape index (κ3) is 4.93. The number of amides is 1. The summed E-state index contributed by atoms with van der Waals surface area (Å²) in [4.78, 5) is 11.6. The lowest BCUT2D eigenvalue weighted by Gasteiger charge is -2.06. The molecule has 1 rings (SSSR count). The molecule has 17 heavy (non-hydrogen) atoms. The van der Waals surface area contributed by atoms with Gasteiger partial charge in [-0.1, -0.05) is 0 Å². The molecule has 0 saturated heterocycles. The zero-order chi connectivity index (χ0) is 12.7. The van der Waals surface area contributed by atoms with Crippen LogP contribution in [0.2, 0.25) is 0 Å². The van der Waals surface area contributed by atoms with Crippen LogP contribution in [0.1, 0.15) is 15.9 Å². The Labute approximate surface area is 99.4 Å². The Morgan fingerprint density at radius 1 is 1.41 bits per heavy atom. The van der Waals surface area contributed by atoms with E-state index in [0.29, 0.717) is 24.3 Å². The van der Waals surface area contributed by atoms with Crippen LogP contribution in [0.4, 0.5) is 4.39 Å². The van der Waals surface area contributed by atoms with Gasteiger partial charge in [-0.15, -0.1) is 0 Å². The van der Waals surface area contributed by atoms with E-state index >= 15 is 0 Å². The van der Waals surface area contributed by atoms with Gasteiger partial charge in [0.1, 0.15) is 5.82 Å². The van der Waals surface area contributed by atoms with Gasteiger partial charge < -0.3 is 15.2 Å². The van der Waals surface area contributed by atoms with Crippen LogP contribution in [0.25, 0.3) is 0 Å². The number of hydrogen-bond donors (Lipinski definition) is 2. The second-order valence-corrected chi connectivity index (χ2v) is 3.61. The van der Waals surface area contributed by atoms with E-state index in [4.69, 9.17) is 9.84 Å². The Kier molecular flexibility index (Phi) is 5.59. The first-order valence-corrected chi connectivity index (χ1v) is 5.37. The van der Waals surface area contributed by atoms with Crippen molar-refractivity contribution >= 4 is 5.91 Å². The number of rotatable bonds is 6. The van der Waals surface area contributed by atoms with Crippen molar-refractivity contribution in [2.45, 2.75) is 6.92 Å². The molecule has 0 saturated carbocycles. The lowest BCUT2D eigenvalue weighted by molar-refractivity contribution is 0.0838. The predicted octanol–water partition coefficient (Wildman–Crippen LogP) is 0.873. The number of ether oxygens (including phenoxy) is 1. The van der Waals surface area contributed by atoms with Gasteiger partial charge in [0.2, 0.25) is 0 Å². The predicted molar refractivity (Wildman–Crippen MR) is 61.4 cm³/mol. The lowest BCUT2D eigenvalue weighted by atomic mass is 10.1. The molecule has 0 spiro atoms. The third-order valence-electron chi connectivity index (χ3n) is 2.07. The molecule has 0 radical (unpaired) electrons. The molecule has 0 unspecified atom stereocenters. The average Bonchev–Trinajstić information content (AvgIpc) is 2.27. The molecule has 4 nitrogen and oxygen atoms in total. The van der Waals surface area contributed by atoms with Crippen molar-refractivity contribution in [1.29, 1.82) is 0 Å². The Bertz CT molecular complexity index is 362. The molecule has 0 aliphatic carbocycles. The van der Waals surface area contributed by atoms with Gasteiger partial charge in [-0.2, -0.15) is 0 Å². The Morgan fingerprint density at radius 3 is 2.82 bits per heavy atom. The monoisotopic (exact) mass is 241 g/mol. The largest absolute Gasteiger partial charge is 0.394 e. The maximum absolute atomic E-state index is 13.0. The first kappa shape index (κ1) is 13.6. The van der Waals surface area contributed by atoms with Gasteiger partial charge in [0, 0.05) is 12.1 Å². The molecule has 2 N–H and O–H groups in total. The molecule has 0 aliphatic heterocycles. The molecule has 0 heterocycles. The summed E-state index contributed by atoms with van der Waals surface area (Å²) in [5.41, 5.74) is 0.997. The van der Waals surface area contributed by atoms with Crippen LogP contribution in [0.15, 0.2) is 18.2 Å². The van der Waals surface area contributed by atoms with Crippen LogP contribution in [0.5, 0.6) is 0 Å². The van der Waals surface area contributed by atoms with Crippen molar-refractivity contribution in [3.05, 3.63) is 35.1 Å². The second kappa shape index (κ2) is 6.98. The SMILES string of the molecule is Cc1cc(F)cc(C(=O)NCCOCCO)c1. The second-order valence-electron chi connectivity index (χ2n) is 3.61. The van der Waals surface area contributed by atoms with E-state index in [2.05, 4.69) is 5.32 Å². The highest BCUT2D eigenvalue weighted by Crippen LogP contribution is 2.07. The van der Waals surface area contributed by atoms with Crippen LogP contribution < -0.4 is 5.32 Å². The number of aliphatic hydroxyl groups is 1. The molecule has 5 heteroatoms. The highest BCUT2D eigenvalue weighted by molar-refractivity contribution is 5.94. The molecule has 1 aromatic carbocycles. The summed E-state index contributed by atoms with van der Waals surface area (Å²) < 4.78 is 18.0. The molecule has 0 atom stereocenters. The summed E-state index contributed by atoms with van der Waals surface area (Å²) in [6, 6.07) is 4.17. The summed E-state index contributed by atoms with van der Waals surface area (Å²) in [7, 11) is 0. The zero-order valence-corrected chi connectivity index (χ0v) is 9.70. The maximum atomic E-state index is 13.0. The van der Waals surface area contributed by atoms with Crippen molar-refractivity contribution in [2.75, 3.05) is 26.4 Å². The zero-order valence-electron chi connectivity index (χ0n) is 9.70. The summed E-state index contributed by atoms with van der Waals surface area (Å²) in [6.45, 7) is 2.57. The number of hydrogen-bond acceptors (Lipinski definition) is 3. The topological polar surface area (TPSA) is 58.6 Å².